The van der Waals surface area contributed by atoms with Crippen LogP contribution in [0, 0.1) is 12.7 Å². The Kier molecular flexibility index (Phi) is 4.78. The molecule has 1 aromatic carbocycles. The van der Waals surface area contributed by atoms with E-state index in [2.05, 4.69) is 20.1 Å². The van der Waals surface area contributed by atoms with Crippen LogP contribution >= 0.6 is 23.1 Å². The van der Waals surface area contributed by atoms with Gasteiger partial charge < -0.3 is 5.32 Å². The van der Waals surface area contributed by atoms with Gasteiger partial charge >= 0.3 is 0 Å². The number of amides is 1. The van der Waals surface area contributed by atoms with Gasteiger partial charge in [-0.05, 0) is 48.9 Å². The van der Waals surface area contributed by atoms with Crippen LogP contribution in [0.1, 0.15) is 24.4 Å². The van der Waals surface area contributed by atoms with Gasteiger partial charge in [0.05, 0.1) is 16.3 Å². The van der Waals surface area contributed by atoms with Gasteiger partial charge in [-0.1, -0.05) is 23.9 Å². The van der Waals surface area contributed by atoms with Gasteiger partial charge in [-0.25, -0.2) is 4.39 Å². The molecule has 1 N–H and O–H groups in total. The van der Waals surface area contributed by atoms with Gasteiger partial charge in [0.15, 0.2) is 11.0 Å². The van der Waals surface area contributed by atoms with Gasteiger partial charge in [-0.15, -0.1) is 21.5 Å². The Balaban J connectivity index is 1.45. The number of benzene rings is 1. The van der Waals surface area contributed by atoms with Crippen molar-refractivity contribution in [3.8, 4) is 10.7 Å². The van der Waals surface area contributed by atoms with E-state index < -0.39 is 5.82 Å². The molecule has 1 fully saturated rings. The Morgan fingerprint density at radius 1 is 1.38 bits per heavy atom. The largest absolute Gasteiger partial charge is 0.323 e. The third-order valence-electron chi connectivity index (χ3n) is 4.05. The first kappa shape index (κ1) is 17.2. The van der Waals surface area contributed by atoms with Crippen LogP contribution in [0.5, 0.6) is 0 Å². The Hall–Kier alpha value is -2.19. The summed E-state index contributed by atoms with van der Waals surface area (Å²) in [7, 11) is 0. The number of carbonyl (C=O) groups excluding carboxylic acids is 1. The van der Waals surface area contributed by atoms with Crippen LogP contribution in [-0.2, 0) is 4.79 Å². The average Bonchev–Trinajstić information content (AvgIpc) is 3.14. The molecule has 0 saturated heterocycles. The van der Waals surface area contributed by atoms with Crippen LogP contribution < -0.4 is 5.32 Å². The molecule has 26 heavy (non-hydrogen) atoms. The van der Waals surface area contributed by atoms with Crippen molar-refractivity contribution in [2.45, 2.75) is 31.0 Å². The molecule has 0 atom stereocenters. The zero-order chi connectivity index (χ0) is 18.1. The number of anilines is 1. The number of thiophene rings is 1. The van der Waals surface area contributed by atoms with Gasteiger partial charge in [0.25, 0.3) is 0 Å². The minimum Gasteiger partial charge on any atom is -0.323 e. The van der Waals surface area contributed by atoms with Gasteiger partial charge in [-0.3, -0.25) is 9.36 Å². The summed E-state index contributed by atoms with van der Waals surface area (Å²) in [5.41, 5.74) is 1.01. The molecule has 1 aliphatic carbocycles. The summed E-state index contributed by atoms with van der Waals surface area (Å²) in [5.74, 6) is 0.322. The monoisotopic (exact) mass is 388 g/mol. The second-order valence-corrected chi connectivity index (χ2v) is 8.10. The second-order valence-electron chi connectivity index (χ2n) is 6.20. The molecule has 3 aromatic rings. The minimum absolute atomic E-state index is 0.155. The van der Waals surface area contributed by atoms with Crippen molar-refractivity contribution in [3.05, 3.63) is 47.1 Å². The molecule has 1 saturated carbocycles. The summed E-state index contributed by atoms with van der Waals surface area (Å²) in [6.07, 6.45) is 2.20. The Bertz CT molecular complexity index is 935. The van der Waals surface area contributed by atoms with Crippen LogP contribution in [0.3, 0.4) is 0 Å². The summed E-state index contributed by atoms with van der Waals surface area (Å²) in [6, 6.07) is 9.16. The highest BCUT2D eigenvalue weighted by atomic mass is 32.2. The third-order valence-corrected chi connectivity index (χ3v) is 5.86. The van der Waals surface area contributed by atoms with Crippen molar-refractivity contribution >= 4 is 34.7 Å². The van der Waals surface area contributed by atoms with Crippen LogP contribution in [-0.4, -0.2) is 26.4 Å². The lowest BCUT2D eigenvalue weighted by Gasteiger charge is -2.09. The molecular formula is C18H17FN4OS2. The molecule has 2 aromatic heterocycles. The van der Waals surface area contributed by atoms with E-state index in [0.29, 0.717) is 6.04 Å². The smallest absolute Gasteiger partial charge is 0.234 e. The number of nitrogens with zero attached hydrogens (tertiary/aromatic N) is 3. The fourth-order valence-electron chi connectivity index (χ4n) is 2.65. The van der Waals surface area contributed by atoms with E-state index in [4.69, 9.17) is 0 Å². The molecule has 4 rings (SSSR count). The van der Waals surface area contributed by atoms with Crippen molar-refractivity contribution in [3.63, 3.8) is 0 Å². The van der Waals surface area contributed by atoms with Crippen molar-refractivity contribution in [2.24, 2.45) is 0 Å². The molecule has 5 nitrogen and oxygen atoms in total. The molecule has 0 radical (unpaired) electrons. The maximum Gasteiger partial charge on any atom is 0.234 e. The molecule has 1 aliphatic rings. The molecule has 0 spiro atoms. The van der Waals surface area contributed by atoms with E-state index in [9.17, 15) is 9.18 Å². The predicted molar refractivity (Wildman–Crippen MR) is 102 cm³/mol. The number of aromatic nitrogens is 3. The molecule has 2 heterocycles. The minimum atomic E-state index is -0.426. The standard InChI is InChI=1S/C18H17FN4OS2/c1-11-4-7-14(13(19)9-11)20-16(24)10-26-18-22-21-17(15-3-2-8-25-15)23(18)12-5-6-12/h2-4,7-9,12H,5-6,10H2,1H3,(H,20,24). The van der Waals surface area contributed by atoms with Gasteiger partial charge in [0.1, 0.15) is 5.82 Å². The molecule has 0 bridgehead atoms. The highest BCUT2D eigenvalue weighted by Crippen LogP contribution is 2.41. The maximum absolute atomic E-state index is 13.9. The van der Waals surface area contributed by atoms with Gasteiger partial charge in [0.2, 0.25) is 5.91 Å². The Labute approximate surface area is 158 Å². The number of hydrogen-bond acceptors (Lipinski definition) is 5. The molecule has 1 amide bonds. The SMILES string of the molecule is Cc1ccc(NC(=O)CSc2nnc(-c3cccs3)n2C2CC2)c(F)c1. The quantitative estimate of drug-likeness (QED) is 0.631. The number of carbonyl (C=O) groups is 1. The van der Waals surface area contributed by atoms with E-state index >= 15 is 0 Å². The molecule has 0 aliphatic heterocycles. The lowest BCUT2D eigenvalue weighted by Crippen LogP contribution is -2.15. The maximum atomic E-state index is 13.9. The molecule has 134 valence electrons. The molecule has 0 unspecified atom stereocenters. The van der Waals surface area contributed by atoms with Crippen LogP contribution in [0.15, 0.2) is 40.9 Å². The lowest BCUT2D eigenvalue weighted by atomic mass is 10.2. The van der Waals surface area contributed by atoms with Crippen LogP contribution in [0.4, 0.5) is 10.1 Å². The number of aryl methyl sites for hydroxylation is 1. The first-order valence-electron chi connectivity index (χ1n) is 8.29. The van der Waals surface area contributed by atoms with E-state index in [1.807, 2.05) is 17.5 Å². The zero-order valence-electron chi connectivity index (χ0n) is 14.1. The van der Waals surface area contributed by atoms with Crippen LogP contribution in [0.25, 0.3) is 10.7 Å². The van der Waals surface area contributed by atoms with E-state index in [-0.39, 0.29) is 17.3 Å². The van der Waals surface area contributed by atoms with Crippen molar-refractivity contribution in [1.29, 1.82) is 0 Å². The predicted octanol–water partition coefficient (Wildman–Crippen LogP) is 4.52. The lowest BCUT2D eigenvalue weighted by molar-refractivity contribution is -0.113. The highest BCUT2D eigenvalue weighted by Gasteiger charge is 2.30. The summed E-state index contributed by atoms with van der Waals surface area (Å²) < 4.78 is 16.0. The number of nitrogens with one attached hydrogen (secondary N) is 1. The summed E-state index contributed by atoms with van der Waals surface area (Å²) in [6.45, 7) is 1.81. The Morgan fingerprint density at radius 3 is 2.92 bits per heavy atom. The topological polar surface area (TPSA) is 59.8 Å². The van der Waals surface area contributed by atoms with Crippen LogP contribution in [0.2, 0.25) is 0 Å². The van der Waals surface area contributed by atoms with Gasteiger partial charge in [0, 0.05) is 6.04 Å². The van der Waals surface area contributed by atoms with E-state index in [1.165, 1.54) is 17.8 Å². The fraction of sp³-hybridized carbons (Fsp3) is 0.278. The number of thioether (sulfide) groups is 1. The van der Waals surface area contributed by atoms with Crippen molar-refractivity contribution in [2.75, 3.05) is 11.1 Å². The van der Waals surface area contributed by atoms with E-state index in [0.717, 1.165) is 34.3 Å². The summed E-state index contributed by atoms with van der Waals surface area (Å²) >= 11 is 2.95. The van der Waals surface area contributed by atoms with E-state index in [1.54, 1.807) is 30.4 Å². The number of rotatable bonds is 6. The number of halogens is 1. The molecular weight excluding hydrogens is 371 g/mol. The number of hydrogen-bond donors (Lipinski definition) is 1. The summed E-state index contributed by atoms with van der Waals surface area (Å²) in [5, 5.41) is 13.9. The zero-order valence-corrected chi connectivity index (χ0v) is 15.7. The highest BCUT2D eigenvalue weighted by molar-refractivity contribution is 7.99. The van der Waals surface area contributed by atoms with Crippen molar-refractivity contribution < 1.29 is 9.18 Å². The summed E-state index contributed by atoms with van der Waals surface area (Å²) in [4.78, 5) is 13.3. The first-order valence-corrected chi connectivity index (χ1v) is 10.2. The Morgan fingerprint density at radius 2 is 2.23 bits per heavy atom. The first-order chi connectivity index (χ1) is 12.6. The fourth-order valence-corrected chi connectivity index (χ4v) is 4.16. The molecule has 8 heteroatoms. The van der Waals surface area contributed by atoms with Crippen molar-refractivity contribution in [1.82, 2.24) is 14.8 Å². The van der Waals surface area contributed by atoms with Gasteiger partial charge in [-0.2, -0.15) is 0 Å². The third kappa shape index (κ3) is 3.66. The second kappa shape index (κ2) is 7.20. The normalized spacial score (nSPS) is 13.8. The average molecular weight is 388 g/mol.